The van der Waals surface area contributed by atoms with Crippen LogP contribution >= 0.6 is 15.9 Å². The smallest absolute Gasteiger partial charge is 0.212 e. The molecule has 0 saturated carbocycles. The fourth-order valence-corrected chi connectivity index (χ4v) is 2.33. The summed E-state index contributed by atoms with van der Waals surface area (Å²) in [6, 6.07) is 6.28. The number of ether oxygens (including phenoxy) is 1. The molecule has 1 aromatic carbocycles. The topological polar surface area (TPSA) is 64.9 Å². The highest BCUT2D eigenvalue weighted by molar-refractivity contribution is 9.10. The zero-order chi connectivity index (χ0) is 15.2. The number of aryl methyl sites for hydroxylation is 1. The second kappa shape index (κ2) is 7.51. The second-order valence-electron chi connectivity index (χ2n) is 4.84. The minimum Gasteiger partial charge on any atom is -0.485 e. The number of nitrogens with zero attached hydrogens (tertiary/aromatic N) is 4. The minimum absolute atomic E-state index is 0.225. The summed E-state index contributed by atoms with van der Waals surface area (Å²) in [6.07, 6.45) is 1.10. The average molecular weight is 354 g/mol. The molecule has 0 amide bonds. The van der Waals surface area contributed by atoms with Gasteiger partial charge >= 0.3 is 0 Å². The van der Waals surface area contributed by atoms with Crippen molar-refractivity contribution < 1.29 is 4.74 Å². The summed E-state index contributed by atoms with van der Waals surface area (Å²) in [5, 5.41) is 15.3. The van der Waals surface area contributed by atoms with Crippen LogP contribution in [-0.4, -0.2) is 26.8 Å². The summed E-state index contributed by atoms with van der Waals surface area (Å²) >= 11 is 3.48. The maximum absolute atomic E-state index is 5.87. The molecule has 2 rings (SSSR count). The maximum Gasteiger partial charge on any atom is 0.212 e. The van der Waals surface area contributed by atoms with E-state index in [1.54, 1.807) is 7.05 Å². The van der Waals surface area contributed by atoms with Gasteiger partial charge in [0, 0.05) is 16.1 Å². The van der Waals surface area contributed by atoms with E-state index in [1.165, 1.54) is 4.80 Å². The molecular formula is C14H20BrN5O. The molecule has 0 fully saturated rings. The van der Waals surface area contributed by atoms with Crippen molar-refractivity contribution in [1.82, 2.24) is 25.5 Å². The number of benzene rings is 1. The van der Waals surface area contributed by atoms with Gasteiger partial charge in [0.05, 0.1) is 7.05 Å². The number of nitrogens with one attached hydrogen (secondary N) is 1. The van der Waals surface area contributed by atoms with Crippen molar-refractivity contribution >= 4 is 15.9 Å². The van der Waals surface area contributed by atoms with E-state index in [-0.39, 0.29) is 6.04 Å². The lowest BCUT2D eigenvalue weighted by Crippen LogP contribution is -2.20. The molecule has 0 radical (unpaired) electrons. The van der Waals surface area contributed by atoms with E-state index in [4.69, 9.17) is 4.74 Å². The van der Waals surface area contributed by atoms with E-state index in [0.29, 0.717) is 12.4 Å². The van der Waals surface area contributed by atoms with E-state index in [2.05, 4.69) is 56.6 Å². The van der Waals surface area contributed by atoms with Crippen molar-refractivity contribution in [2.24, 2.45) is 7.05 Å². The Balaban J connectivity index is 2.10. The standard InChI is InChI=1S/C14H20BrN5O/c1-4-7-16-10(2)12-6-5-11(15)8-13(12)21-9-14-17-19-20(3)18-14/h5-6,8,10,16H,4,7,9H2,1-3H3. The van der Waals surface area contributed by atoms with Crippen LogP contribution in [0.15, 0.2) is 22.7 Å². The highest BCUT2D eigenvalue weighted by atomic mass is 79.9. The van der Waals surface area contributed by atoms with Gasteiger partial charge < -0.3 is 10.1 Å². The Morgan fingerprint density at radius 3 is 2.90 bits per heavy atom. The number of tetrazole rings is 1. The first kappa shape index (κ1) is 15.9. The number of hydrogen-bond acceptors (Lipinski definition) is 5. The van der Waals surface area contributed by atoms with Crippen molar-refractivity contribution in [3.63, 3.8) is 0 Å². The lowest BCUT2D eigenvalue weighted by molar-refractivity contribution is 0.289. The number of hydrogen-bond donors (Lipinski definition) is 1. The molecule has 1 atom stereocenters. The van der Waals surface area contributed by atoms with Crippen LogP contribution in [0.3, 0.4) is 0 Å². The van der Waals surface area contributed by atoms with Gasteiger partial charge in [0.1, 0.15) is 5.75 Å². The fraction of sp³-hybridized carbons (Fsp3) is 0.500. The highest BCUT2D eigenvalue weighted by Crippen LogP contribution is 2.29. The van der Waals surface area contributed by atoms with Gasteiger partial charge in [-0.1, -0.05) is 28.9 Å². The average Bonchev–Trinajstić information content (AvgIpc) is 2.88. The van der Waals surface area contributed by atoms with Crippen LogP contribution < -0.4 is 10.1 Å². The van der Waals surface area contributed by atoms with E-state index in [9.17, 15) is 0 Å². The Morgan fingerprint density at radius 1 is 1.43 bits per heavy atom. The Bertz CT molecular complexity index is 586. The summed E-state index contributed by atoms with van der Waals surface area (Å²) in [4.78, 5) is 1.42. The van der Waals surface area contributed by atoms with Gasteiger partial charge in [0.15, 0.2) is 6.61 Å². The predicted octanol–water partition coefficient (Wildman–Crippen LogP) is 2.61. The molecule has 1 heterocycles. The van der Waals surface area contributed by atoms with Crippen molar-refractivity contribution in [2.75, 3.05) is 6.54 Å². The Morgan fingerprint density at radius 2 is 2.24 bits per heavy atom. The zero-order valence-electron chi connectivity index (χ0n) is 12.5. The predicted molar refractivity (Wildman–Crippen MR) is 84.0 cm³/mol. The monoisotopic (exact) mass is 353 g/mol. The summed E-state index contributed by atoms with van der Waals surface area (Å²) < 4.78 is 6.85. The molecule has 0 spiro atoms. The maximum atomic E-state index is 5.87. The lowest BCUT2D eigenvalue weighted by atomic mass is 10.1. The van der Waals surface area contributed by atoms with Crippen molar-refractivity contribution in [2.45, 2.75) is 32.9 Å². The van der Waals surface area contributed by atoms with Gasteiger partial charge in [-0.25, -0.2) is 0 Å². The van der Waals surface area contributed by atoms with Crippen LogP contribution in [0.1, 0.15) is 37.7 Å². The summed E-state index contributed by atoms with van der Waals surface area (Å²) in [5.41, 5.74) is 1.12. The molecule has 0 aliphatic heterocycles. The SMILES string of the molecule is CCCNC(C)c1ccc(Br)cc1OCc1nnn(C)n1. The molecule has 0 bridgehead atoms. The Kier molecular flexibility index (Phi) is 5.69. The molecule has 114 valence electrons. The summed E-state index contributed by atoms with van der Waals surface area (Å²) in [6.45, 7) is 5.56. The first-order chi connectivity index (χ1) is 10.1. The van der Waals surface area contributed by atoms with Gasteiger partial charge in [-0.15, -0.1) is 10.2 Å². The lowest BCUT2D eigenvalue weighted by Gasteiger charge is -2.18. The number of halogens is 1. The van der Waals surface area contributed by atoms with Gasteiger partial charge in [-0.2, -0.15) is 4.80 Å². The van der Waals surface area contributed by atoms with E-state index in [1.807, 2.05) is 12.1 Å². The Hall–Kier alpha value is -1.47. The van der Waals surface area contributed by atoms with Crippen molar-refractivity contribution in [3.8, 4) is 5.75 Å². The summed E-state index contributed by atoms with van der Waals surface area (Å²) in [5.74, 6) is 1.39. The first-order valence-corrected chi connectivity index (χ1v) is 7.78. The zero-order valence-corrected chi connectivity index (χ0v) is 14.1. The number of aromatic nitrogens is 4. The van der Waals surface area contributed by atoms with Gasteiger partial charge in [0.25, 0.3) is 0 Å². The second-order valence-corrected chi connectivity index (χ2v) is 5.76. The quantitative estimate of drug-likeness (QED) is 0.828. The molecule has 1 N–H and O–H groups in total. The van der Waals surface area contributed by atoms with Crippen LogP contribution in [-0.2, 0) is 13.7 Å². The van der Waals surface area contributed by atoms with E-state index in [0.717, 1.165) is 28.8 Å². The van der Waals surface area contributed by atoms with Crippen molar-refractivity contribution in [1.29, 1.82) is 0 Å². The molecule has 7 heteroatoms. The van der Waals surface area contributed by atoms with Gasteiger partial charge in [-0.3, -0.25) is 0 Å². The first-order valence-electron chi connectivity index (χ1n) is 6.98. The summed E-state index contributed by atoms with van der Waals surface area (Å²) in [7, 11) is 1.73. The fourth-order valence-electron chi connectivity index (χ4n) is 1.99. The number of rotatable bonds is 7. The molecule has 1 unspecified atom stereocenters. The molecule has 2 aromatic rings. The molecule has 0 aliphatic carbocycles. The van der Waals surface area contributed by atoms with Crippen molar-refractivity contribution in [3.05, 3.63) is 34.1 Å². The molecule has 21 heavy (non-hydrogen) atoms. The van der Waals surface area contributed by atoms with Crippen LogP contribution in [0.4, 0.5) is 0 Å². The molecule has 6 nitrogen and oxygen atoms in total. The third-order valence-corrected chi connectivity index (χ3v) is 3.54. The van der Waals surface area contributed by atoms with E-state index >= 15 is 0 Å². The molecule has 0 saturated heterocycles. The highest BCUT2D eigenvalue weighted by Gasteiger charge is 2.12. The third-order valence-electron chi connectivity index (χ3n) is 3.05. The normalized spacial score (nSPS) is 12.4. The molecule has 1 aromatic heterocycles. The Labute approximate surface area is 133 Å². The van der Waals surface area contributed by atoms with Gasteiger partial charge in [-0.05, 0) is 37.2 Å². The largest absolute Gasteiger partial charge is 0.485 e. The molecular weight excluding hydrogens is 334 g/mol. The van der Waals surface area contributed by atoms with Crippen LogP contribution in [0, 0.1) is 0 Å². The van der Waals surface area contributed by atoms with Crippen LogP contribution in [0.2, 0.25) is 0 Å². The van der Waals surface area contributed by atoms with Crippen LogP contribution in [0.25, 0.3) is 0 Å². The van der Waals surface area contributed by atoms with E-state index < -0.39 is 0 Å². The molecule has 0 aliphatic rings. The minimum atomic E-state index is 0.225. The van der Waals surface area contributed by atoms with Gasteiger partial charge in [0.2, 0.25) is 5.82 Å². The van der Waals surface area contributed by atoms with Crippen LogP contribution in [0.5, 0.6) is 5.75 Å². The third kappa shape index (κ3) is 4.50.